The molecule has 0 aliphatic heterocycles. The number of nitrogens with zero attached hydrogens (tertiary/aromatic N) is 2. The molecule has 1 aliphatic rings. The monoisotopic (exact) mass is 320 g/mol. The number of aliphatic hydroxyl groups is 1. The zero-order valence-corrected chi connectivity index (χ0v) is 13.5. The first-order valence-corrected chi connectivity index (χ1v) is 8.58. The molecule has 0 unspecified atom stereocenters. The number of aliphatic hydroxyl groups excluding tert-OH is 1. The third-order valence-corrected chi connectivity index (χ3v) is 5.19. The Labute approximate surface area is 134 Å². The van der Waals surface area contributed by atoms with Crippen LogP contribution >= 0.6 is 11.3 Å². The quantitative estimate of drug-likeness (QED) is 0.850. The van der Waals surface area contributed by atoms with Gasteiger partial charge in [0.1, 0.15) is 5.82 Å². The maximum Gasteiger partial charge on any atom is 0.123 e. The third kappa shape index (κ3) is 3.91. The first kappa shape index (κ1) is 15.6. The summed E-state index contributed by atoms with van der Waals surface area (Å²) in [5, 5.41) is 10.4. The fraction of sp³-hybridized carbons (Fsp3) is 0.471. The average Bonchev–Trinajstić information content (AvgIpc) is 3.27. The molecule has 0 saturated heterocycles. The van der Waals surface area contributed by atoms with E-state index in [1.54, 1.807) is 23.5 Å². The fourth-order valence-corrected chi connectivity index (χ4v) is 3.46. The summed E-state index contributed by atoms with van der Waals surface area (Å²) in [6, 6.07) is 6.72. The van der Waals surface area contributed by atoms with Gasteiger partial charge in [0.2, 0.25) is 0 Å². The lowest BCUT2D eigenvalue weighted by Gasteiger charge is -2.25. The number of thiazole rings is 1. The summed E-state index contributed by atoms with van der Waals surface area (Å²) < 4.78 is 13.0. The molecule has 0 amide bonds. The maximum absolute atomic E-state index is 13.0. The predicted molar refractivity (Wildman–Crippen MR) is 86.5 cm³/mol. The van der Waals surface area contributed by atoms with Gasteiger partial charge in [-0.15, -0.1) is 11.3 Å². The number of aryl methyl sites for hydroxylation is 1. The van der Waals surface area contributed by atoms with Gasteiger partial charge in [-0.3, -0.25) is 4.90 Å². The number of hydrogen-bond acceptors (Lipinski definition) is 4. The van der Waals surface area contributed by atoms with Gasteiger partial charge < -0.3 is 5.11 Å². The van der Waals surface area contributed by atoms with E-state index in [1.807, 2.05) is 12.4 Å². The van der Waals surface area contributed by atoms with Gasteiger partial charge in [-0.2, -0.15) is 0 Å². The summed E-state index contributed by atoms with van der Waals surface area (Å²) in [5.74, 6) is -0.268. The number of benzene rings is 1. The van der Waals surface area contributed by atoms with Gasteiger partial charge in [-0.05, 0) is 43.9 Å². The van der Waals surface area contributed by atoms with Gasteiger partial charge in [0, 0.05) is 24.0 Å². The second-order valence-electron chi connectivity index (χ2n) is 5.90. The van der Waals surface area contributed by atoms with Crippen LogP contribution in [0.25, 0.3) is 0 Å². The molecule has 1 aromatic carbocycles. The molecular formula is C17H21FN2OS. The Hall–Kier alpha value is -1.30. The lowest BCUT2D eigenvalue weighted by molar-refractivity contribution is 0.109. The van der Waals surface area contributed by atoms with Crippen molar-refractivity contribution in [3.8, 4) is 0 Å². The van der Waals surface area contributed by atoms with Crippen LogP contribution in [0.2, 0.25) is 0 Å². The standard InChI is InChI=1S/C17H21FN2OS/c1-12-17(22-11-19-12)8-9-20(15-6-7-15)10-16(21)13-2-4-14(18)5-3-13/h2-5,11,15-16,21H,6-10H2,1H3/t16-/m0/s1. The molecule has 1 saturated carbocycles. The topological polar surface area (TPSA) is 36.4 Å². The van der Waals surface area contributed by atoms with Crippen molar-refractivity contribution in [3.05, 3.63) is 51.7 Å². The van der Waals surface area contributed by atoms with Gasteiger partial charge >= 0.3 is 0 Å². The van der Waals surface area contributed by atoms with E-state index in [1.165, 1.54) is 29.9 Å². The molecule has 1 fully saturated rings. The van der Waals surface area contributed by atoms with E-state index in [2.05, 4.69) is 9.88 Å². The summed E-state index contributed by atoms with van der Waals surface area (Å²) in [6.45, 7) is 3.58. The summed E-state index contributed by atoms with van der Waals surface area (Å²) in [7, 11) is 0. The van der Waals surface area contributed by atoms with E-state index < -0.39 is 6.10 Å². The first-order chi connectivity index (χ1) is 10.6. The number of aromatic nitrogens is 1. The van der Waals surface area contributed by atoms with Crippen molar-refractivity contribution in [1.82, 2.24) is 9.88 Å². The molecule has 1 atom stereocenters. The maximum atomic E-state index is 13.0. The smallest absolute Gasteiger partial charge is 0.123 e. The Morgan fingerprint density at radius 3 is 2.68 bits per heavy atom. The Morgan fingerprint density at radius 2 is 2.09 bits per heavy atom. The van der Waals surface area contributed by atoms with Crippen molar-refractivity contribution in [2.24, 2.45) is 0 Å². The Kier molecular flexibility index (Phi) is 4.86. The lowest BCUT2D eigenvalue weighted by Crippen LogP contribution is -2.32. The van der Waals surface area contributed by atoms with E-state index >= 15 is 0 Å². The fourth-order valence-electron chi connectivity index (χ4n) is 2.69. The van der Waals surface area contributed by atoms with Gasteiger partial charge in [0.15, 0.2) is 0 Å². The third-order valence-electron chi connectivity index (χ3n) is 4.20. The van der Waals surface area contributed by atoms with Crippen LogP contribution < -0.4 is 0 Å². The van der Waals surface area contributed by atoms with Crippen LogP contribution in [0.5, 0.6) is 0 Å². The highest BCUT2D eigenvalue weighted by molar-refractivity contribution is 7.09. The van der Waals surface area contributed by atoms with Crippen molar-refractivity contribution in [2.45, 2.75) is 38.3 Å². The molecular weight excluding hydrogens is 299 g/mol. The van der Waals surface area contributed by atoms with Gasteiger partial charge in [-0.25, -0.2) is 9.37 Å². The van der Waals surface area contributed by atoms with Crippen molar-refractivity contribution in [1.29, 1.82) is 0 Å². The van der Waals surface area contributed by atoms with Crippen LogP contribution in [0.3, 0.4) is 0 Å². The van der Waals surface area contributed by atoms with Crippen LogP contribution in [0.1, 0.15) is 35.1 Å². The summed E-state index contributed by atoms with van der Waals surface area (Å²) in [6.07, 6.45) is 2.82. The second-order valence-corrected chi connectivity index (χ2v) is 6.84. The van der Waals surface area contributed by atoms with Crippen molar-refractivity contribution in [3.63, 3.8) is 0 Å². The minimum Gasteiger partial charge on any atom is -0.387 e. The highest BCUT2D eigenvalue weighted by Gasteiger charge is 2.30. The molecule has 0 radical (unpaired) electrons. The van der Waals surface area contributed by atoms with Crippen molar-refractivity contribution >= 4 is 11.3 Å². The van der Waals surface area contributed by atoms with Crippen LogP contribution in [-0.2, 0) is 6.42 Å². The molecule has 22 heavy (non-hydrogen) atoms. The van der Waals surface area contributed by atoms with Gasteiger partial charge in [0.25, 0.3) is 0 Å². The molecule has 3 nitrogen and oxygen atoms in total. The van der Waals surface area contributed by atoms with Crippen molar-refractivity contribution in [2.75, 3.05) is 13.1 Å². The second kappa shape index (κ2) is 6.86. The molecule has 5 heteroatoms. The van der Waals surface area contributed by atoms with Gasteiger partial charge in [-0.1, -0.05) is 12.1 Å². The Morgan fingerprint density at radius 1 is 1.36 bits per heavy atom. The summed E-state index contributed by atoms with van der Waals surface area (Å²) in [5.41, 5.74) is 3.78. The minimum atomic E-state index is -0.566. The van der Waals surface area contributed by atoms with E-state index in [9.17, 15) is 9.50 Å². The number of hydrogen-bond donors (Lipinski definition) is 1. The zero-order chi connectivity index (χ0) is 15.5. The van der Waals surface area contributed by atoms with Crippen LogP contribution in [-0.4, -0.2) is 34.1 Å². The summed E-state index contributed by atoms with van der Waals surface area (Å²) >= 11 is 1.70. The minimum absolute atomic E-state index is 0.268. The first-order valence-electron chi connectivity index (χ1n) is 7.70. The summed E-state index contributed by atoms with van der Waals surface area (Å²) in [4.78, 5) is 7.96. The highest BCUT2D eigenvalue weighted by Crippen LogP contribution is 2.29. The predicted octanol–water partition coefficient (Wildman–Crippen LogP) is 3.33. The van der Waals surface area contributed by atoms with E-state index in [4.69, 9.17) is 0 Å². The van der Waals surface area contributed by atoms with Gasteiger partial charge in [0.05, 0.1) is 17.3 Å². The van der Waals surface area contributed by atoms with E-state index in [0.717, 1.165) is 24.2 Å². The Balaban J connectivity index is 1.59. The van der Waals surface area contributed by atoms with E-state index in [0.29, 0.717) is 12.6 Å². The SMILES string of the molecule is Cc1ncsc1CCN(C[C@H](O)c1ccc(F)cc1)C1CC1. The van der Waals surface area contributed by atoms with Crippen LogP contribution in [0.15, 0.2) is 29.8 Å². The highest BCUT2D eigenvalue weighted by atomic mass is 32.1. The Bertz CT molecular complexity index is 609. The molecule has 1 aromatic heterocycles. The molecule has 1 aliphatic carbocycles. The van der Waals surface area contributed by atoms with Crippen molar-refractivity contribution < 1.29 is 9.50 Å². The van der Waals surface area contributed by atoms with Crippen LogP contribution in [0, 0.1) is 12.7 Å². The number of rotatable bonds is 7. The largest absolute Gasteiger partial charge is 0.387 e. The zero-order valence-electron chi connectivity index (χ0n) is 12.7. The lowest BCUT2D eigenvalue weighted by atomic mass is 10.1. The van der Waals surface area contributed by atoms with E-state index in [-0.39, 0.29) is 5.82 Å². The normalized spacial score (nSPS) is 16.2. The van der Waals surface area contributed by atoms with Crippen LogP contribution in [0.4, 0.5) is 4.39 Å². The number of halogens is 1. The molecule has 3 rings (SSSR count). The molecule has 0 spiro atoms. The average molecular weight is 320 g/mol. The molecule has 118 valence electrons. The molecule has 1 heterocycles. The molecule has 2 aromatic rings. The molecule has 1 N–H and O–H groups in total. The molecule has 0 bridgehead atoms.